The van der Waals surface area contributed by atoms with Crippen molar-refractivity contribution in [3.8, 4) is 0 Å². The van der Waals surface area contributed by atoms with E-state index in [4.69, 9.17) is 0 Å². The van der Waals surface area contributed by atoms with Gasteiger partial charge in [0.25, 0.3) is 0 Å². The number of hydrogen-bond acceptors (Lipinski definition) is 2. The van der Waals surface area contributed by atoms with Gasteiger partial charge in [-0.15, -0.1) is 12.4 Å². The van der Waals surface area contributed by atoms with Gasteiger partial charge in [-0.05, 0) is 50.3 Å². The fourth-order valence-corrected chi connectivity index (χ4v) is 3.07. The summed E-state index contributed by atoms with van der Waals surface area (Å²) < 4.78 is 0. The van der Waals surface area contributed by atoms with E-state index in [1.165, 1.54) is 12.0 Å². The first kappa shape index (κ1) is 19.0. The highest BCUT2D eigenvalue weighted by Crippen LogP contribution is 2.14. The summed E-state index contributed by atoms with van der Waals surface area (Å²) in [6.07, 6.45) is 5.99. The minimum Gasteiger partial charge on any atom is -0.353 e. The monoisotopic (exact) mass is 324 g/mol. The maximum absolute atomic E-state index is 12.1. The second kappa shape index (κ2) is 10.6. The van der Waals surface area contributed by atoms with E-state index in [9.17, 15) is 4.79 Å². The van der Waals surface area contributed by atoms with Crippen molar-refractivity contribution in [3.05, 3.63) is 35.9 Å². The minimum absolute atomic E-state index is 0. The summed E-state index contributed by atoms with van der Waals surface area (Å²) in [6.45, 7) is 4.36. The van der Waals surface area contributed by atoms with Crippen LogP contribution in [-0.2, 0) is 11.2 Å². The van der Waals surface area contributed by atoms with Crippen LogP contribution in [0.1, 0.15) is 44.6 Å². The Morgan fingerprint density at radius 2 is 2.14 bits per heavy atom. The molecule has 22 heavy (non-hydrogen) atoms. The van der Waals surface area contributed by atoms with Crippen LogP contribution in [0.2, 0.25) is 0 Å². The van der Waals surface area contributed by atoms with Crippen molar-refractivity contribution >= 4 is 18.3 Å². The lowest BCUT2D eigenvalue weighted by Crippen LogP contribution is -2.36. The molecule has 0 spiro atoms. The Kier molecular flexibility index (Phi) is 9.17. The molecule has 3 nitrogen and oxygen atoms in total. The van der Waals surface area contributed by atoms with Crippen LogP contribution in [0.5, 0.6) is 0 Å². The van der Waals surface area contributed by atoms with Crippen LogP contribution in [0.3, 0.4) is 0 Å². The summed E-state index contributed by atoms with van der Waals surface area (Å²) in [7, 11) is 0. The first-order valence-corrected chi connectivity index (χ1v) is 8.32. The Labute approximate surface area is 140 Å². The fourth-order valence-electron chi connectivity index (χ4n) is 3.07. The van der Waals surface area contributed by atoms with Gasteiger partial charge in [0.15, 0.2) is 0 Å². The van der Waals surface area contributed by atoms with Gasteiger partial charge in [-0.3, -0.25) is 4.79 Å². The molecule has 2 N–H and O–H groups in total. The van der Waals surface area contributed by atoms with Gasteiger partial charge in [0.1, 0.15) is 0 Å². The molecule has 1 amide bonds. The molecule has 1 fully saturated rings. The highest BCUT2D eigenvalue weighted by atomic mass is 35.5. The minimum atomic E-state index is 0. The molecule has 2 unspecified atom stereocenters. The zero-order valence-electron chi connectivity index (χ0n) is 13.5. The van der Waals surface area contributed by atoms with E-state index < -0.39 is 0 Å². The van der Waals surface area contributed by atoms with Crippen molar-refractivity contribution in [2.45, 2.75) is 51.5 Å². The standard InChI is InChI=1S/C18H28N2O.ClH/c1-2-6-17(13-15-7-4-3-5-8-15)20-18(21)10-9-16-11-12-19-14-16;/h3-5,7-8,16-17,19H,2,6,9-14H2,1H3,(H,20,21);1H. The normalized spacial score (nSPS) is 18.5. The lowest BCUT2D eigenvalue weighted by atomic mass is 10.00. The SMILES string of the molecule is CCCC(Cc1ccccc1)NC(=O)CCC1CCNC1.Cl. The van der Waals surface area contributed by atoms with Crippen molar-refractivity contribution in [1.29, 1.82) is 0 Å². The van der Waals surface area contributed by atoms with Gasteiger partial charge in [-0.2, -0.15) is 0 Å². The number of benzene rings is 1. The first-order valence-electron chi connectivity index (χ1n) is 8.32. The molecule has 1 saturated heterocycles. The molecule has 124 valence electrons. The number of carbonyl (C=O) groups is 1. The highest BCUT2D eigenvalue weighted by molar-refractivity contribution is 5.85. The van der Waals surface area contributed by atoms with Gasteiger partial charge >= 0.3 is 0 Å². The number of nitrogens with one attached hydrogen (secondary N) is 2. The molecular weight excluding hydrogens is 296 g/mol. The summed E-state index contributed by atoms with van der Waals surface area (Å²) >= 11 is 0. The molecule has 2 atom stereocenters. The second-order valence-electron chi connectivity index (χ2n) is 6.14. The maximum Gasteiger partial charge on any atom is 0.220 e. The van der Waals surface area contributed by atoms with Crippen LogP contribution in [-0.4, -0.2) is 25.0 Å². The van der Waals surface area contributed by atoms with E-state index in [2.05, 4.69) is 41.8 Å². The van der Waals surface area contributed by atoms with E-state index >= 15 is 0 Å². The van der Waals surface area contributed by atoms with Crippen LogP contribution in [0.4, 0.5) is 0 Å². The van der Waals surface area contributed by atoms with Gasteiger partial charge in [-0.25, -0.2) is 0 Å². The quantitative estimate of drug-likeness (QED) is 0.770. The van der Waals surface area contributed by atoms with Crippen molar-refractivity contribution in [2.24, 2.45) is 5.92 Å². The Balaban J connectivity index is 0.00000242. The van der Waals surface area contributed by atoms with Crippen LogP contribution in [0.15, 0.2) is 30.3 Å². The van der Waals surface area contributed by atoms with E-state index in [0.717, 1.165) is 38.8 Å². The molecule has 2 rings (SSSR count). The van der Waals surface area contributed by atoms with E-state index in [1.54, 1.807) is 0 Å². The zero-order chi connectivity index (χ0) is 14.9. The first-order chi connectivity index (χ1) is 10.3. The third-order valence-corrected chi connectivity index (χ3v) is 4.27. The van der Waals surface area contributed by atoms with Crippen molar-refractivity contribution in [2.75, 3.05) is 13.1 Å². The molecule has 0 bridgehead atoms. The summed E-state index contributed by atoms with van der Waals surface area (Å²) in [4.78, 5) is 12.1. The van der Waals surface area contributed by atoms with E-state index in [-0.39, 0.29) is 24.4 Å². The third-order valence-electron chi connectivity index (χ3n) is 4.27. The van der Waals surface area contributed by atoms with Crippen molar-refractivity contribution in [3.63, 3.8) is 0 Å². The lowest BCUT2D eigenvalue weighted by molar-refractivity contribution is -0.122. The predicted octanol–water partition coefficient (Wildman–Crippen LogP) is 3.33. The predicted molar refractivity (Wildman–Crippen MR) is 94.4 cm³/mol. The summed E-state index contributed by atoms with van der Waals surface area (Å²) in [6, 6.07) is 10.7. The average molecular weight is 325 g/mol. The summed E-state index contributed by atoms with van der Waals surface area (Å²) in [5, 5.41) is 6.59. The summed E-state index contributed by atoms with van der Waals surface area (Å²) in [5.41, 5.74) is 1.30. The Morgan fingerprint density at radius 3 is 2.77 bits per heavy atom. The van der Waals surface area contributed by atoms with Crippen LogP contribution in [0.25, 0.3) is 0 Å². The Bertz CT molecular complexity index is 418. The largest absolute Gasteiger partial charge is 0.353 e. The van der Waals surface area contributed by atoms with Crippen LogP contribution in [0, 0.1) is 5.92 Å². The highest BCUT2D eigenvalue weighted by Gasteiger charge is 2.17. The number of rotatable bonds is 8. The number of hydrogen-bond donors (Lipinski definition) is 2. The second-order valence-corrected chi connectivity index (χ2v) is 6.14. The number of halogens is 1. The van der Waals surface area contributed by atoms with E-state index in [0.29, 0.717) is 12.3 Å². The fraction of sp³-hybridized carbons (Fsp3) is 0.611. The molecule has 0 saturated carbocycles. The summed E-state index contributed by atoms with van der Waals surface area (Å²) in [5.74, 6) is 0.908. The van der Waals surface area contributed by atoms with Gasteiger partial charge < -0.3 is 10.6 Å². The Hall–Kier alpha value is -1.06. The maximum atomic E-state index is 12.1. The lowest BCUT2D eigenvalue weighted by Gasteiger charge is -2.19. The van der Waals surface area contributed by atoms with Gasteiger partial charge in [0.05, 0.1) is 0 Å². The topological polar surface area (TPSA) is 41.1 Å². The smallest absolute Gasteiger partial charge is 0.220 e. The molecule has 1 heterocycles. The number of amides is 1. The Morgan fingerprint density at radius 1 is 1.36 bits per heavy atom. The number of carbonyl (C=O) groups excluding carboxylic acids is 1. The van der Waals surface area contributed by atoms with Crippen molar-refractivity contribution in [1.82, 2.24) is 10.6 Å². The molecule has 1 aliphatic heterocycles. The van der Waals surface area contributed by atoms with Gasteiger partial charge in [0.2, 0.25) is 5.91 Å². The van der Waals surface area contributed by atoms with Gasteiger partial charge in [0, 0.05) is 12.5 Å². The van der Waals surface area contributed by atoms with Crippen LogP contribution >= 0.6 is 12.4 Å². The molecule has 1 aliphatic rings. The molecular formula is C18H29ClN2O. The third kappa shape index (κ3) is 6.80. The van der Waals surface area contributed by atoms with Crippen molar-refractivity contribution < 1.29 is 4.79 Å². The molecule has 0 radical (unpaired) electrons. The molecule has 1 aromatic rings. The zero-order valence-corrected chi connectivity index (χ0v) is 14.3. The molecule has 1 aromatic carbocycles. The van der Waals surface area contributed by atoms with E-state index in [1.807, 2.05) is 6.07 Å². The molecule has 0 aliphatic carbocycles. The molecule has 0 aromatic heterocycles. The van der Waals surface area contributed by atoms with Crippen LogP contribution < -0.4 is 10.6 Å². The van der Waals surface area contributed by atoms with Gasteiger partial charge in [-0.1, -0.05) is 43.7 Å². The average Bonchev–Trinajstić information content (AvgIpc) is 3.00. The molecule has 4 heteroatoms.